The van der Waals surface area contributed by atoms with Crippen molar-refractivity contribution in [3.63, 3.8) is 0 Å². The molecule has 0 aliphatic heterocycles. The lowest BCUT2D eigenvalue weighted by atomic mass is 10.1. The van der Waals surface area contributed by atoms with E-state index in [2.05, 4.69) is 20.6 Å². The van der Waals surface area contributed by atoms with Crippen molar-refractivity contribution in [3.8, 4) is 11.3 Å². The largest absolute Gasteiger partial charge is 0.467 e. The molecule has 4 rings (SSSR count). The van der Waals surface area contributed by atoms with E-state index in [1.165, 1.54) is 6.07 Å². The van der Waals surface area contributed by atoms with Crippen LogP contribution in [0.3, 0.4) is 0 Å². The number of nitrogens with one attached hydrogen (secondary N) is 2. The van der Waals surface area contributed by atoms with E-state index in [-0.39, 0.29) is 0 Å². The van der Waals surface area contributed by atoms with Crippen LogP contribution in [-0.4, -0.2) is 9.97 Å². The maximum atomic E-state index is 13.5. The molecule has 0 fully saturated rings. The Labute approximate surface area is 160 Å². The molecule has 2 heterocycles. The van der Waals surface area contributed by atoms with Crippen LogP contribution in [-0.2, 0) is 6.54 Å². The van der Waals surface area contributed by atoms with Crippen molar-refractivity contribution in [2.45, 2.75) is 6.54 Å². The van der Waals surface area contributed by atoms with Crippen molar-refractivity contribution in [1.82, 2.24) is 9.97 Å². The quantitative estimate of drug-likeness (QED) is 0.472. The highest BCUT2D eigenvalue weighted by Crippen LogP contribution is 2.24. The Bertz CT molecular complexity index is 1070. The van der Waals surface area contributed by atoms with Crippen LogP contribution in [0.25, 0.3) is 11.3 Å². The summed E-state index contributed by atoms with van der Waals surface area (Å²) in [5.74, 6) is -0.272. The van der Waals surface area contributed by atoms with E-state index in [1.54, 1.807) is 18.4 Å². The van der Waals surface area contributed by atoms with Crippen molar-refractivity contribution in [2.75, 3.05) is 10.6 Å². The molecular formula is C21H16F2N4O. The molecule has 0 aliphatic rings. The van der Waals surface area contributed by atoms with E-state index in [9.17, 15) is 8.78 Å². The standard InChI is InChI=1S/C21H16F2N4O/c22-17-9-8-15(11-18(17)23)25-20-12-19(14-5-2-1-3-6-14)26-21(27-20)24-13-16-7-4-10-28-16/h1-12H,13H2,(H2,24,25,26,27). The molecule has 0 saturated carbocycles. The number of benzene rings is 2. The predicted molar refractivity (Wildman–Crippen MR) is 103 cm³/mol. The molecule has 0 spiro atoms. The van der Waals surface area contributed by atoms with Crippen LogP contribution >= 0.6 is 0 Å². The maximum Gasteiger partial charge on any atom is 0.225 e. The lowest BCUT2D eigenvalue weighted by molar-refractivity contribution is 0.509. The number of halogens is 2. The van der Waals surface area contributed by atoms with E-state index < -0.39 is 11.6 Å². The number of hydrogen-bond donors (Lipinski definition) is 2. The van der Waals surface area contributed by atoms with Gasteiger partial charge in [0, 0.05) is 23.4 Å². The zero-order valence-corrected chi connectivity index (χ0v) is 14.7. The molecule has 0 atom stereocenters. The molecule has 28 heavy (non-hydrogen) atoms. The Morgan fingerprint density at radius 3 is 2.46 bits per heavy atom. The van der Waals surface area contributed by atoms with Gasteiger partial charge in [0.15, 0.2) is 11.6 Å². The van der Waals surface area contributed by atoms with Crippen LogP contribution in [0, 0.1) is 11.6 Å². The smallest absolute Gasteiger partial charge is 0.225 e. The second kappa shape index (κ2) is 7.87. The first-order valence-electron chi connectivity index (χ1n) is 8.60. The van der Waals surface area contributed by atoms with Crippen molar-refractivity contribution >= 4 is 17.5 Å². The minimum atomic E-state index is -0.932. The lowest BCUT2D eigenvalue weighted by Crippen LogP contribution is -2.06. The van der Waals surface area contributed by atoms with Gasteiger partial charge in [0.2, 0.25) is 5.95 Å². The highest BCUT2D eigenvalue weighted by Gasteiger charge is 2.09. The molecular weight excluding hydrogens is 362 g/mol. The summed E-state index contributed by atoms with van der Waals surface area (Å²) in [6, 6.07) is 18.6. The predicted octanol–water partition coefficient (Wildman–Crippen LogP) is 5.37. The number of anilines is 3. The lowest BCUT2D eigenvalue weighted by Gasteiger charge is -2.11. The van der Waals surface area contributed by atoms with Crippen LogP contribution in [0.4, 0.5) is 26.2 Å². The topological polar surface area (TPSA) is 63.0 Å². The third kappa shape index (κ3) is 4.15. The van der Waals surface area contributed by atoms with Crippen LogP contribution in [0.2, 0.25) is 0 Å². The highest BCUT2D eigenvalue weighted by molar-refractivity contribution is 5.67. The van der Waals surface area contributed by atoms with Crippen LogP contribution in [0.5, 0.6) is 0 Å². The van der Waals surface area contributed by atoms with Gasteiger partial charge in [-0.3, -0.25) is 0 Å². The van der Waals surface area contributed by atoms with Crippen molar-refractivity contribution in [2.24, 2.45) is 0 Å². The van der Waals surface area contributed by atoms with Gasteiger partial charge in [0.05, 0.1) is 18.5 Å². The summed E-state index contributed by atoms with van der Waals surface area (Å²) >= 11 is 0. The van der Waals surface area contributed by atoms with Crippen molar-refractivity contribution in [3.05, 3.63) is 90.4 Å². The molecule has 0 bridgehead atoms. The molecule has 2 N–H and O–H groups in total. The molecule has 140 valence electrons. The maximum absolute atomic E-state index is 13.5. The Morgan fingerprint density at radius 2 is 1.71 bits per heavy atom. The number of nitrogens with zero attached hydrogens (tertiary/aromatic N) is 2. The second-order valence-corrected chi connectivity index (χ2v) is 6.01. The molecule has 0 aliphatic carbocycles. The van der Waals surface area contributed by atoms with Gasteiger partial charge >= 0.3 is 0 Å². The van der Waals surface area contributed by atoms with E-state index in [0.717, 1.165) is 23.5 Å². The summed E-state index contributed by atoms with van der Waals surface area (Å²) in [4.78, 5) is 8.95. The van der Waals surface area contributed by atoms with Gasteiger partial charge in [-0.15, -0.1) is 0 Å². The number of hydrogen-bond acceptors (Lipinski definition) is 5. The first kappa shape index (κ1) is 17.7. The summed E-state index contributed by atoms with van der Waals surface area (Å²) in [5, 5.41) is 6.11. The van der Waals surface area contributed by atoms with Gasteiger partial charge in [0.25, 0.3) is 0 Å². The van der Waals surface area contributed by atoms with Gasteiger partial charge in [-0.1, -0.05) is 30.3 Å². The zero-order chi connectivity index (χ0) is 19.3. The Morgan fingerprint density at radius 1 is 0.857 bits per heavy atom. The van der Waals surface area contributed by atoms with Crippen molar-refractivity contribution in [1.29, 1.82) is 0 Å². The first-order chi connectivity index (χ1) is 13.7. The number of rotatable bonds is 6. The molecule has 2 aromatic heterocycles. The van der Waals surface area contributed by atoms with Gasteiger partial charge in [-0.25, -0.2) is 13.8 Å². The first-order valence-corrected chi connectivity index (χ1v) is 8.60. The molecule has 4 aromatic rings. The number of aromatic nitrogens is 2. The van der Waals surface area contributed by atoms with Crippen LogP contribution in [0.15, 0.2) is 77.4 Å². The van der Waals surface area contributed by atoms with Crippen LogP contribution in [0.1, 0.15) is 5.76 Å². The minimum Gasteiger partial charge on any atom is -0.467 e. The SMILES string of the molecule is Fc1ccc(Nc2cc(-c3ccccc3)nc(NCc3ccco3)n2)cc1F. The van der Waals surface area contributed by atoms with Crippen LogP contribution < -0.4 is 10.6 Å². The number of furan rings is 1. The summed E-state index contributed by atoms with van der Waals surface area (Å²) in [6.45, 7) is 0.413. The summed E-state index contributed by atoms with van der Waals surface area (Å²) in [5.41, 5.74) is 1.97. The fraction of sp³-hybridized carbons (Fsp3) is 0.0476. The van der Waals surface area contributed by atoms with Crippen molar-refractivity contribution < 1.29 is 13.2 Å². The summed E-state index contributed by atoms with van der Waals surface area (Å²) in [6.07, 6.45) is 1.59. The third-order valence-corrected chi connectivity index (χ3v) is 3.99. The fourth-order valence-electron chi connectivity index (χ4n) is 2.65. The van der Waals surface area contributed by atoms with E-state index >= 15 is 0 Å². The molecule has 0 amide bonds. The Hall–Kier alpha value is -3.74. The Balaban J connectivity index is 1.65. The van der Waals surface area contributed by atoms with Gasteiger partial charge < -0.3 is 15.1 Å². The normalized spacial score (nSPS) is 10.6. The van der Waals surface area contributed by atoms with Gasteiger partial charge in [-0.2, -0.15) is 4.98 Å². The van der Waals surface area contributed by atoms with Gasteiger partial charge in [0.1, 0.15) is 11.6 Å². The molecule has 0 unspecified atom stereocenters. The highest BCUT2D eigenvalue weighted by atomic mass is 19.2. The fourth-order valence-corrected chi connectivity index (χ4v) is 2.65. The second-order valence-electron chi connectivity index (χ2n) is 6.01. The molecule has 0 saturated heterocycles. The minimum absolute atomic E-state index is 0.378. The van der Waals surface area contributed by atoms with Gasteiger partial charge in [-0.05, 0) is 24.3 Å². The molecule has 5 nitrogen and oxygen atoms in total. The average Bonchev–Trinajstić information content (AvgIpc) is 3.23. The monoisotopic (exact) mass is 378 g/mol. The summed E-state index contributed by atoms with van der Waals surface area (Å²) in [7, 11) is 0. The van der Waals surface area contributed by atoms with E-state index in [4.69, 9.17) is 4.42 Å². The summed E-state index contributed by atoms with van der Waals surface area (Å²) < 4.78 is 32.0. The third-order valence-electron chi connectivity index (χ3n) is 3.99. The molecule has 7 heteroatoms. The molecule has 2 aromatic carbocycles. The average molecular weight is 378 g/mol. The molecule has 0 radical (unpaired) electrons. The zero-order valence-electron chi connectivity index (χ0n) is 14.7. The Kier molecular flexibility index (Phi) is 4.97. The van der Waals surface area contributed by atoms with E-state index in [0.29, 0.717) is 29.7 Å². The van der Waals surface area contributed by atoms with E-state index in [1.807, 2.05) is 36.4 Å².